The van der Waals surface area contributed by atoms with Crippen LogP contribution in [0, 0.1) is 0 Å². The number of rotatable bonds is 17. The summed E-state index contributed by atoms with van der Waals surface area (Å²) in [6.45, 7) is 17.7. The van der Waals surface area contributed by atoms with Gasteiger partial charge >= 0.3 is 13.8 Å². The second kappa shape index (κ2) is 14.3. The van der Waals surface area contributed by atoms with Gasteiger partial charge in [0.25, 0.3) is 0 Å². The number of nitrogens with zero attached hydrogens (tertiary/aromatic N) is 1. The average Bonchev–Trinajstić information content (AvgIpc) is 2.62. The first kappa shape index (κ1) is 26.3. The van der Waals surface area contributed by atoms with Crippen molar-refractivity contribution in [2.24, 2.45) is 0 Å². The molecule has 0 bridgehead atoms. The second-order valence-electron chi connectivity index (χ2n) is 7.15. The summed E-state index contributed by atoms with van der Waals surface area (Å²) in [5.74, 6) is -0.754. The summed E-state index contributed by atoms with van der Waals surface area (Å²) in [5, 5.41) is 0. The van der Waals surface area contributed by atoms with Crippen molar-refractivity contribution < 1.29 is 27.4 Å². The number of quaternary nitrogens is 1. The van der Waals surface area contributed by atoms with E-state index in [2.05, 4.69) is 27.4 Å². The minimum atomic E-state index is -3.91. The summed E-state index contributed by atoms with van der Waals surface area (Å²) in [6.07, 6.45) is 6.90. The van der Waals surface area contributed by atoms with Gasteiger partial charge in [0.15, 0.2) is 0 Å². The molecule has 0 saturated carbocycles. The molecule has 1 atom stereocenters. The summed E-state index contributed by atoms with van der Waals surface area (Å²) in [6, 6.07) is 0. The molecule has 0 fully saturated rings. The quantitative estimate of drug-likeness (QED) is 0.182. The molecule has 0 spiro atoms. The molecule has 160 valence electrons. The highest BCUT2D eigenvalue weighted by Gasteiger charge is 2.33. The van der Waals surface area contributed by atoms with E-state index in [0.717, 1.165) is 69.2 Å². The van der Waals surface area contributed by atoms with Crippen LogP contribution in [0.2, 0.25) is 0 Å². The van der Waals surface area contributed by atoms with Crippen LogP contribution in [0.5, 0.6) is 0 Å². The molecule has 0 aliphatic heterocycles. The van der Waals surface area contributed by atoms with Gasteiger partial charge in [0.05, 0.1) is 26.2 Å². The number of carbonyl (C=O) groups excluding carboxylic acids is 1. The third-order valence-corrected chi connectivity index (χ3v) is 6.07. The molecule has 0 aromatic heterocycles. The van der Waals surface area contributed by atoms with E-state index in [1.807, 2.05) is 0 Å². The number of carbonyl (C=O) groups is 1. The van der Waals surface area contributed by atoms with Crippen molar-refractivity contribution in [2.45, 2.75) is 73.1 Å². The van der Waals surface area contributed by atoms with Gasteiger partial charge in [-0.25, -0.2) is 9.36 Å². The molecule has 0 saturated heterocycles. The first-order chi connectivity index (χ1) is 12.8. The van der Waals surface area contributed by atoms with Crippen molar-refractivity contribution in [3.8, 4) is 0 Å². The predicted octanol–water partition coefficient (Wildman–Crippen LogP) is 5.48. The van der Waals surface area contributed by atoms with Crippen molar-refractivity contribution in [1.29, 1.82) is 0 Å². The molecular weight excluding hydrogens is 365 g/mol. The van der Waals surface area contributed by atoms with Gasteiger partial charge in [-0.3, -0.25) is 9.05 Å². The summed E-state index contributed by atoms with van der Waals surface area (Å²) < 4.78 is 29.3. The van der Waals surface area contributed by atoms with Gasteiger partial charge < -0.3 is 9.01 Å². The molecule has 0 N–H and O–H groups in total. The van der Waals surface area contributed by atoms with Gasteiger partial charge in [0.1, 0.15) is 13.2 Å². The number of hydrogen-bond acceptors (Lipinski definition) is 5. The van der Waals surface area contributed by atoms with E-state index in [1.54, 1.807) is 6.92 Å². The summed E-state index contributed by atoms with van der Waals surface area (Å²) in [4.78, 5) is 11.8. The lowest BCUT2D eigenvalue weighted by molar-refractivity contribution is -0.928. The van der Waals surface area contributed by atoms with Crippen LogP contribution in [0.1, 0.15) is 73.1 Å². The first-order valence-corrected chi connectivity index (χ1v) is 11.9. The van der Waals surface area contributed by atoms with Crippen LogP contribution in [-0.2, 0) is 22.9 Å². The smallest absolute Gasteiger partial charge is 0.367 e. The Morgan fingerprint density at radius 1 is 0.889 bits per heavy atom. The molecular formula is C20H41NO5P+. The van der Waals surface area contributed by atoms with Crippen LogP contribution in [0.25, 0.3) is 0 Å². The predicted molar refractivity (Wildman–Crippen MR) is 111 cm³/mol. The molecule has 0 aromatic carbocycles. The van der Waals surface area contributed by atoms with Crippen LogP contribution in [0.15, 0.2) is 12.2 Å². The van der Waals surface area contributed by atoms with E-state index in [9.17, 15) is 9.36 Å². The molecule has 27 heavy (non-hydrogen) atoms. The maximum Gasteiger partial charge on any atom is 0.532 e. The van der Waals surface area contributed by atoms with Crippen molar-refractivity contribution in [3.05, 3.63) is 12.2 Å². The zero-order valence-corrected chi connectivity index (χ0v) is 19.0. The van der Waals surface area contributed by atoms with E-state index in [-0.39, 0.29) is 18.8 Å². The number of hydrogen-bond donors (Lipinski definition) is 0. The Balaban J connectivity index is 5.08. The monoisotopic (exact) mass is 406 g/mol. The molecule has 0 heterocycles. The fourth-order valence-electron chi connectivity index (χ4n) is 2.93. The van der Waals surface area contributed by atoms with Gasteiger partial charge in [-0.05, 0) is 33.1 Å². The summed E-state index contributed by atoms with van der Waals surface area (Å²) in [7, 11) is -3.91. The van der Waals surface area contributed by atoms with Crippen LogP contribution in [0.3, 0.4) is 0 Å². The van der Waals surface area contributed by atoms with Crippen molar-refractivity contribution in [2.75, 3.05) is 39.4 Å². The largest absolute Gasteiger partial charge is 0.532 e. The average molecular weight is 407 g/mol. The lowest BCUT2D eigenvalue weighted by Gasteiger charge is -2.39. The van der Waals surface area contributed by atoms with E-state index in [0.29, 0.717) is 0 Å². The number of unbranched alkanes of at least 4 members (excludes halogenated alkanes) is 3. The Labute approximate surface area is 166 Å². The van der Waals surface area contributed by atoms with Crippen LogP contribution >= 0.6 is 7.82 Å². The Morgan fingerprint density at radius 2 is 1.37 bits per heavy atom. The van der Waals surface area contributed by atoms with Gasteiger partial charge in [-0.1, -0.05) is 46.6 Å². The van der Waals surface area contributed by atoms with E-state index in [1.165, 1.54) is 6.92 Å². The zero-order valence-electron chi connectivity index (χ0n) is 18.1. The Kier molecular flexibility index (Phi) is 14.0. The van der Waals surface area contributed by atoms with Crippen molar-refractivity contribution in [1.82, 2.24) is 0 Å². The van der Waals surface area contributed by atoms with Crippen molar-refractivity contribution >= 4 is 13.8 Å². The van der Waals surface area contributed by atoms with Crippen molar-refractivity contribution in [3.63, 3.8) is 0 Å². The highest BCUT2D eigenvalue weighted by molar-refractivity contribution is 7.49. The Morgan fingerprint density at radius 3 is 1.74 bits per heavy atom. The topological polar surface area (TPSA) is 61.8 Å². The number of phosphoric acid groups is 1. The van der Waals surface area contributed by atoms with Gasteiger partial charge in [0, 0.05) is 5.57 Å². The molecule has 0 rings (SSSR count). The highest BCUT2D eigenvalue weighted by atomic mass is 31.2. The number of phosphoric ester groups is 1. The molecule has 0 amide bonds. The van der Waals surface area contributed by atoms with Gasteiger partial charge in [-0.15, -0.1) is 0 Å². The molecule has 1 unspecified atom stereocenters. The maximum absolute atomic E-state index is 12.7. The van der Waals surface area contributed by atoms with E-state index >= 15 is 0 Å². The second-order valence-corrected chi connectivity index (χ2v) is 8.75. The third-order valence-electron chi connectivity index (χ3n) is 4.60. The van der Waals surface area contributed by atoms with E-state index < -0.39 is 13.8 Å². The summed E-state index contributed by atoms with van der Waals surface area (Å²) >= 11 is 0. The standard InChI is InChI=1S/C20H41NO5P/c1-7-11-14-21(15-12-8-2,16-13-9-3)17-18-25-27(23,24-10-4)26-20(22)19(5)6/h5,7-18H2,1-4,6H3/q+1. The van der Waals surface area contributed by atoms with Crippen LogP contribution < -0.4 is 0 Å². The molecule has 0 aliphatic carbocycles. The zero-order chi connectivity index (χ0) is 20.8. The molecule has 6 nitrogen and oxygen atoms in total. The molecule has 0 aliphatic rings. The SMILES string of the molecule is C=C(C)C(=O)OP(=O)(OCC)OCC[N+](CCCC)(CCCC)CCCC. The lowest BCUT2D eigenvalue weighted by Crippen LogP contribution is -2.52. The van der Waals surface area contributed by atoms with Gasteiger partial charge in [0.2, 0.25) is 0 Å². The van der Waals surface area contributed by atoms with Gasteiger partial charge in [-0.2, -0.15) is 0 Å². The van der Waals surface area contributed by atoms with Crippen LogP contribution in [-0.4, -0.2) is 49.8 Å². The minimum absolute atomic E-state index is 0.141. The lowest BCUT2D eigenvalue weighted by atomic mass is 10.1. The highest BCUT2D eigenvalue weighted by Crippen LogP contribution is 2.49. The fourth-order valence-corrected chi connectivity index (χ4v) is 4.09. The summed E-state index contributed by atoms with van der Waals surface area (Å²) in [5.41, 5.74) is 0.164. The molecule has 7 heteroatoms. The molecule has 0 radical (unpaired) electrons. The van der Waals surface area contributed by atoms with E-state index in [4.69, 9.17) is 13.6 Å². The first-order valence-electron chi connectivity index (χ1n) is 10.4. The fraction of sp³-hybridized carbons (Fsp3) is 0.850. The molecule has 0 aromatic rings. The Hall–Kier alpha value is -0.680. The maximum atomic E-state index is 12.7. The van der Waals surface area contributed by atoms with Crippen LogP contribution in [0.4, 0.5) is 0 Å². The normalized spacial score (nSPS) is 14.0. The Bertz CT molecular complexity index is 459. The third kappa shape index (κ3) is 11.0. The minimum Gasteiger partial charge on any atom is -0.367 e.